The van der Waals surface area contributed by atoms with Crippen LogP contribution in [-0.2, 0) is 13.5 Å². The van der Waals surface area contributed by atoms with Crippen molar-refractivity contribution in [2.75, 3.05) is 60.8 Å². The summed E-state index contributed by atoms with van der Waals surface area (Å²) in [5, 5.41) is 12.3. The Balaban J connectivity index is 1.24. The zero-order valence-electron chi connectivity index (χ0n) is 21.0. The number of anilines is 2. The van der Waals surface area contributed by atoms with E-state index in [1.165, 1.54) is 12.4 Å². The third-order valence-corrected chi connectivity index (χ3v) is 7.23. The van der Waals surface area contributed by atoms with Crippen molar-refractivity contribution in [1.29, 1.82) is 0 Å². The number of fused-ring (bicyclic) bond motifs is 1. The van der Waals surface area contributed by atoms with E-state index in [0.717, 1.165) is 81.1 Å². The minimum Gasteiger partial charge on any atom is -0.369 e. The number of carbonyl (C=O) groups excluding carboxylic acids is 1. The number of benzene rings is 1. The van der Waals surface area contributed by atoms with Crippen LogP contribution in [0, 0.1) is 5.92 Å². The van der Waals surface area contributed by atoms with E-state index in [1.54, 1.807) is 5.48 Å². The molecule has 0 radical (unpaired) electrons. The molecule has 0 spiro atoms. The molecule has 200 valence electrons. The number of carbonyl (C=O) groups is 1. The van der Waals surface area contributed by atoms with Crippen LogP contribution in [0.2, 0.25) is 0 Å². The topological polar surface area (TPSA) is 111 Å². The van der Waals surface area contributed by atoms with Crippen molar-refractivity contribution in [3.8, 4) is 0 Å². The molecule has 1 aliphatic rings. The molecule has 3 heterocycles. The maximum Gasteiger partial charge on any atom is 0.277 e. The third kappa shape index (κ3) is 6.81. The van der Waals surface area contributed by atoms with Gasteiger partial charge in [-0.25, -0.2) is 20.4 Å². The van der Waals surface area contributed by atoms with Crippen LogP contribution in [0.5, 0.6) is 0 Å². The zero-order valence-corrected chi connectivity index (χ0v) is 22.5. The molecule has 1 fully saturated rings. The fourth-order valence-corrected chi connectivity index (χ4v) is 5.15. The molecule has 1 saturated heterocycles. The van der Waals surface area contributed by atoms with Gasteiger partial charge in [-0.3, -0.25) is 10.0 Å². The fraction of sp³-hybridized carbons (Fsp3) is 0.520. The molecule has 10 nitrogen and oxygen atoms in total. The summed E-state index contributed by atoms with van der Waals surface area (Å²) < 4.78 is 2.17. The van der Waals surface area contributed by atoms with Crippen LogP contribution < -0.4 is 20.6 Å². The Hall–Kier alpha value is -2.66. The van der Waals surface area contributed by atoms with E-state index >= 15 is 0 Å². The number of amides is 1. The lowest BCUT2D eigenvalue weighted by molar-refractivity contribution is 0.0705. The van der Waals surface area contributed by atoms with Crippen molar-refractivity contribution in [2.45, 2.75) is 19.3 Å². The maximum absolute atomic E-state index is 11.4. The van der Waals surface area contributed by atoms with Crippen molar-refractivity contribution >= 4 is 51.8 Å². The molecular formula is C25H34Cl2N8O2. The highest BCUT2D eigenvalue weighted by Crippen LogP contribution is 2.23. The Morgan fingerprint density at radius 3 is 2.51 bits per heavy atom. The summed E-state index contributed by atoms with van der Waals surface area (Å²) in [6.07, 6.45) is 5.81. The molecule has 0 bridgehead atoms. The number of halogens is 2. The van der Waals surface area contributed by atoms with Gasteiger partial charge in [0, 0.05) is 76.0 Å². The molecular weight excluding hydrogens is 515 g/mol. The minimum atomic E-state index is -0.615. The first kappa shape index (κ1) is 27.4. The first-order valence-electron chi connectivity index (χ1n) is 12.6. The number of aromatic nitrogens is 4. The van der Waals surface area contributed by atoms with Gasteiger partial charge in [0.25, 0.3) is 5.91 Å². The predicted octanol–water partition coefficient (Wildman–Crippen LogP) is 2.82. The van der Waals surface area contributed by atoms with Crippen LogP contribution in [0.3, 0.4) is 0 Å². The van der Waals surface area contributed by atoms with Crippen LogP contribution in [0.15, 0.2) is 30.6 Å². The summed E-state index contributed by atoms with van der Waals surface area (Å²) in [7, 11) is 2.07. The Labute approximate surface area is 226 Å². The van der Waals surface area contributed by atoms with Crippen LogP contribution in [0.1, 0.15) is 29.0 Å². The normalized spacial score (nSPS) is 14.3. The predicted molar refractivity (Wildman–Crippen MR) is 147 cm³/mol. The van der Waals surface area contributed by atoms with Gasteiger partial charge in [0.1, 0.15) is 5.82 Å². The standard InChI is InChI=1S/C25H34Cl2N8O2/c1-33-22-3-2-20(34(12-7-26)13-8-27)14-21(22)31-23(33)4-9-28-15-18-5-10-35(11-6-18)25-29-16-19(17-30-25)24(36)32-37/h2-3,14,16-18,28,37H,4-13,15H2,1H3,(H,32,36). The monoisotopic (exact) mass is 548 g/mol. The Morgan fingerprint density at radius 2 is 1.86 bits per heavy atom. The van der Waals surface area contributed by atoms with Crippen molar-refractivity contribution in [2.24, 2.45) is 13.0 Å². The first-order chi connectivity index (χ1) is 18.0. The van der Waals surface area contributed by atoms with Gasteiger partial charge in [-0.1, -0.05) is 0 Å². The Bertz CT molecular complexity index is 1160. The quantitative estimate of drug-likeness (QED) is 0.137. The van der Waals surface area contributed by atoms with E-state index < -0.39 is 5.91 Å². The van der Waals surface area contributed by atoms with Gasteiger partial charge in [-0.2, -0.15) is 0 Å². The van der Waals surface area contributed by atoms with Crippen molar-refractivity contribution in [3.05, 3.63) is 42.0 Å². The lowest BCUT2D eigenvalue weighted by atomic mass is 9.97. The van der Waals surface area contributed by atoms with Crippen molar-refractivity contribution in [1.82, 2.24) is 30.3 Å². The highest BCUT2D eigenvalue weighted by atomic mass is 35.5. The molecule has 12 heteroatoms. The average molecular weight is 550 g/mol. The summed E-state index contributed by atoms with van der Waals surface area (Å²) in [4.78, 5) is 29.2. The van der Waals surface area contributed by atoms with Crippen LogP contribution in [0.25, 0.3) is 11.0 Å². The molecule has 0 atom stereocenters. The smallest absolute Gasteiger partial charge is 0.277 e. The first-order valence-corrected chi connectivity index (χ1v) is 13.6. The summed E-state index contributed by atoms with van der Waals surface area (Å²) in [5.74, 6) is 2.76. The second kappa shape index (κ2) is 13.2. The number of imidazole rings is 1. The minimum absolute atomic E-state index is 0.228. The van der Waals surface area contributed by atoms with Gasteiger partial charge in [-0.05, 0) is 43.5 Å². The summed E-state index contributed by atoms with van der Waals surface area (Å²) in [6, 6.07) is 6.36. The number of piperidine rings is 1. The van der Waals surface area contributed by atoms with Gasteiger partial charge in [-0.15, -0.1) is 23.2 Å². The number of hydrogen-bond donors (Lipinski definition) is 3. The van der Waals surface area contributed by atoms with Gasteiger partial charge < -0.3 is 19.7 Å². The molecule has 37 heavy (non-hydrogen) atoms. The zero-order chi connectivity index (χ0) is 26.2. The van der Waals surface area contributed by atoms with Crippen LogP contribution in [-0.4, -0.2) is 81.7 Å². The molecule has 4 rings (SSSR count). The molecule has 1 aliphatic heterocycles. The molecule has 2 aromatic heterocycles. The molecule has 0 unspecified atom stereocenters. The Morgan fingerprint density at radius 1 is 1.16 bits per heavy atom. The number of rotatable bonds is 12. The lowest BCUT2D eigenvalue weighted by Crippen LogP contribution is -2.38. The third-order valence-electron chi connectivity index (χ3n) is 6.89. The van der Waals surface area contributed by atoms with Crippen molar-refractivity contribution in [3.63, 3.8) is 0 Å². The lowest BCUT2D eigenvalue weighted by Gasteiger charge is -2.32. The Kier molecular flexibility index (Phi) is 9.79. The number of aryl methyl sites for hydroxylation is 1. The number of hydrogen-bond acceptors (Lipinski definition) is 8. The second-order valence-electron chi connectivity index (χ2n) is 9.22. The van der Waals surface area contributed by atoms with E-state index in [9.17, 15) is 4.79 Å². The summed E-state index contributed by atoms with van der Waals surface area (Å²) in [5.41, 5.74) is 5.03. The second-order valence-corrected chi connectivity index (χ2v) is 9.98. The largest absolute Gasteiger partial charge is 0.369 e. The van der Waals surface area contributed by atoms with E-state index in [4.69, 9.17) is 33.4 Å². The van der Waals surface area contributed by atoms with Crippen molar-refractivity contribution < 1.29 is 10.0 Å². The number of nitrogens with zero attached hydrogens (tertiary/aromatic N) is 6. The summed E-state index contributed by atoms with van der Waals surface area (Å²) in [6.45, 7) is 5.08. The van der Waals surface area contributed by atoms with E-state index in [0.29, 0.717) is 23.6 Å². The average Bonchev–Trinajstić information content (AvgIpc) is 3.25. The van der Waals surface area contributed by atoms with Gasteiger partial charge in [0.2, 0.25) is 5.95 Å². The van der Waals surface area contributed by atoms with Gasteiger partial charge >= 0.3 is 0 Å². The molecule has 1 aromatic carbocycles. The molecule has 3 N–H and O–H groups in total. The fourth-order valence-electron chi connectivity index (χ4n) is 4.74. The van der Waals surface area contributed by atoms with E-state index in [-0.39, 0.29) is 5.56 Å². The van der Waals surface area contributed by atoms with Crippen LogP contribution in [0.4, 0.5) is 11.6 Å². The highest BCUT2D eigenvalue weighted by molar-refractivity contribution is 6.18. The van der Waals surface area contributed by atoms with Gasteiger partial charge in [0.15, 0.2) is 0 Å². The molecule has 3 aromatic rings. The number of alkyl halides is 2. The SMILES string of the molecule is Cn1c(CCNCC2CCN(c3ncc(C(=O)NO)cn3)CC2)nc2cc(N(CCCl)CCCl)ccc21. The number of hydroxylamine groups is 1. The van der Waals surface area contributed by atoms with E-state index in [1.807, 2.05) is 0 Å². The molecule has 0 aliphatic carbocycles. The van der Waals surface area contributed by atoms with Gasteiger partial charge in [0.05, 0.1) is 16.6 Å². The molecule has 0 saturated carbocycles. The van der Waals surface area contributed by atoms with Crippen LogP contribution >= 0.6 is 23.2 Å². The highest BCUT2D eigenvalue weighted by Gasteiger charge is 2.21. The van der Waals surface area contributed by atoms with E-state index in [2.05, 4.69) is 54.9 Å². The number of nitrogens with one attached hydrogen (secondary N) is 2. The summed E-state index contributed by atoms with van der Waals surface area (Å²) >= 11 is 11.9. The maximum atomic E-state index is 11.4. The molecule has 1 amide bonds.